The predicted octanol–water partition coefficient (Wildman–Crippen LogP) is 4.58. The number of carbonyl (C=O) groups is 1. The van der Waals surface area contributed by atoms with Crippen molar-refractivity contribution in [1.29, 1.82) is 0 Å². The molecule has 1 amide bonds. The summed E-state index contributed by atoms with van der Waals surface area (Å²) in [5.41, 5.74) is 4.72. The molecule has 2 aromatic carbocycles. The van der Waals surface area contributed by atoms with Gasteiger partial charge >= 0.3 is 0 Å². The standard InChI is InChI=1S/C22H24N4O/c1-15(2)17-8-10-19(11-9-17)25-22-23-13-12-20(26-22)21(27)24-14-18-7-5-4-6-16(18)3/h4-13,15H,14H2,1-3H3,(H,24,27)(H,23,25,26). The van der Waals surface area contributed by atoms with Crippen molar-refractivity contribution in [3.8, 4) is 0 Å². The van der Waals surface area contributed by atoms with Crippen LogP contribution in [-0.4, -0.2) is 15.9 Å². The summed E-state index contributed by atoms with van der Waals surface area (Å²) in [5.74, 6) is 0.658. The van der Waals surface area contributed by atoms with Crippen molar-refractivity contribution in [3.05, 3.63) is 83.2 Å². The van der Waals surface area contributed by atoms with Gasteiger partial charge in [0.15, 0.2) is 0 Å². The third kappa shape index (κ3) is 4.91. The van der Waals surface area contributed by atoms with Crippen LogP contribution >= 0.6 is 0 Å². The van der Waals surface area contributed by atoms with Crippen LogP contribution in [0, 0.1) is 6.92 Å². The Morgan fingerprint density at radius 2 is 1.78 bits per heavy atom. The predicted molar refractivity (Wildman–Crippen MR) is 108 cm³/mol. The summed E-state index contributed by atoms with van der Waals surface area (Å²) in [5, 5.41) is 6.06. The van der Waals surface area contributed by atoms with Crippen LogP contribution in [0.4, 0.5) is 11.6 Å². The zero-order valence-electron chi connectivity index (χ0n) is 15.9. The maximum atomic E-state index is 12.4. The maximum Gasteiger partial charge on any atom is 0.270 e. The van der Waals surface area contributed by atoms with Crippen molar-refractivity contribution in [2.24, 2.45) is 0 Å². The van der Waals surface area contributed by atoms with E-state index in [1.54, 1.807) is 12.3 Å². The van der Waals surface area contributed by atoms with Crippen molar-refractivity contribution in [3.63, 3.8) is 0 Å². The first-order valence-electron chi connectivity index (χ1n) is 9.05. The average molecular weight is 360 g/mol. The molecule has 3 rings (SSSR count). The second kappa shape index (κ2) is 8.45. The number of benzene rings is 2. The first kappa shape index (κ1) is 18.6. The summed E-state index contributed by atoms with van der Waals surface area (Å²) in [6.45, 7) is 6.81. The molecule has 0 saturated carbocycles. The van der Waals surface area contributed by atoms with Gasteiger partial charge in [-0.15, -0.1) is 0 Å². The molecule has 138 valence electrons. The molecule has 5 nitrogen and oxygen atoms in total. The molecule has 1 heterocycles. The van der Waals surface area contributed by atoms with Gasteiger partial charge in [0, 0.05) is 18.4 Å². The van der Waals surface area contributed by atoms with Crippen molar-refractivity contribution in [2.75, 3.05) is 5.32 Å². The molecule has 0 fully saturated rings. The van der Waals surface area contributed by atoms with Crippen molar-refractivity contribution in [1.82, 2.24) is 15.3 Å². The molecular weight excluding hydrogens is 336 g/mol. The minimum atomic E-state index is -0.223. The Hall–Kier alpha value is -3.21. The van der Waals surface area contributed by atoms with Gasteiger partial charge in [0.1, 0.15) is 5.69 Å². The quantitative estimate of drug-likeness (QED) is 0.675. The van der Waals surface area contributed by atoms with E-state index in [0.29, 0.717) is 24.1 Å². The molecule has 0 bridgehead atoms. The van der Waals surface area contributed by atoms with Crippen LogP contribution in [0.15, 0.2) is 60.8 Å². The van der Waals surface area contributed by atoms with Gasteiger partial charge in [0.05, 0.1) is 0 Å². The normalized spacial score (nSPS) is 10.7. The highest BCUT2D eigenvalue weighted by Gasteiger charge is 2.09. The van der Waals surface area contributed by atoms with Gasteiger partial charge in [0.2, 0.25) is 5.95 Å². The molecule has 0 radical (unpaired) electrons. The number of hydrogen-bond acceptors (Lipinski definition) is 4. The minimum Gasteiger partial charge on any atom is -0.347 e. The average Bonchev–Trinajstić information content (AvgIpc) is 2.68. The lowest BCUT2D eigenvalue weighted by Gasteiger charge is -2.10. The summed E-state index contributed by atoms with van der Waals surface area (Å²) < 4.78 is 0. The van der Waals surface area contributed by atoms with Gasteiger partial charge in [-0.3, -0.25) is 4.79 Å². The Bertz CT molecular complexity index is 920. The number of amides is 1. The van der Waals surface area contributed by atoms with Crippen LogP contribution in [0.25, 0.3) is 0 Å². The highest BCUT2D eigenvalue weighted by molar-refractivity contribution is 5.92. The lowest BCUT2D eigenvalue weighted by Crippen LogP contribution is -2.24. The molecule has 0 unspecified atom stereocenters. The molecule has 2 N–H and O–H groups in total. The molecule has 27 heavy (non-hydrogen) atoms. The molecule has 0 aliphatic heterocycles. The summed E-state index contributed by atoms with van der Waals surface area (Å²) in [6, 6.07) is 17.7. The number of carbonyl (C=O) groups excluding carboxylic acids is 1. The third-order valence-corrected chi connectivity index (χ3v) is 4.42. The van der Waals surface area contributed by atoms with Crippen LogP contribution in [0.3, 0.4) is 0 Å². The summed E-state index contributed by atoms with van der Waals surface area (Å²) in [4.78, 5) is 21.0. The summed E-state index contributed by atoms with van der Waals surface area (Å²) in [7, 11) is 0. The number of anilines is 2. The van der Waals surface area contributed by atoms with E-state index < -0.39 is 0 Å². The molecule has 0 saturated heterocycles. The molecule has 5 heteroatoms. The highest BCUT2D eigenvalue weighted by atomic mass is 16.1. The number of hydrogen-bond donors (Lipinski definition) is 2. The second-order valence-electron chi connectivity index (χ2n) is 6.78. The van der Waals surface area contributed by atoms with Crippen LogP contribution in [0.5, 0.6) is 0 Å². The third-order valence-electron chi connectivity index (χ3n) is 4.42. The molecular formula is C22H24N4O. The Morgan fingerprint density at radius 3 is 2.48 bits per heavy atom. The maximum absolute atomic E-state index is 12.4. The van der Waals surface area contributed by atoms with E-state index in [4.69, 9.17) is 0 Å². The first-order chi connectivity index (χ1) is 13.0. The fourth-order valence-corrected chi connectivity index (χ4v) is 2.70. The van der Waals surface area contributed by atoms with Gasteiger partial charge in [-0.1, -0.05) is 50.2 Å². The van der Waals surface area contributed by atoms with Crippen molar-refractivity contribution >= 4 is 17.5 Å². The van der Waals surface area contributed by atoms with Gasteiger partial charge < -0.3 is 10.6 Å². The smallest absolute Gasteiger partial charge is 0.270 e. The summed E-state index contributed by atoms with van der Waals surface area (Å²) in [6.07, 6.45) is 1.58. The number of rotatable bonds is 6. The Labute approximate surface area is 159 Å². The van der Waals surface area contributed by atoms with E-state index in [2.05, 4.69) is 46.6 Å². The largest absolute Gasteiger partial charge is 0.347 e. The van der Waals surface area contributed by atoms with Gasteiger partial charge in [-0.2, -0.15) is 0 Å². The monoisotopic (exact) mass is 360 g/mol. The molecule has 0 spiro atoms. The number of aryl methyl sites for hydroxylation is 1. The van der Waals surface area contributed by atoms with Gasteiger partial charge in [-0.05, 0) is 47.7 Å². The Kier molecular flexibility index (Phi) is 5.81. The lowest BCUT2D eigenvalue weighted by molar-refractivity contribution is 0.0946. The van der Waals surface area contributed by atoms with Gasteiger partial charge in [0.25, 0.3) is 5.91 Å². The molecule has 0 aliphatic rings. The van der Waals surface area contributed by atoms with Gasteiger partial charge in [-0.25, -0.2) is 9.97 Å². The lowest BCUT2D eigenvalue weighted by atomic mass is 10.0. The van der Waals surface area contributed by atoms with E-state index in [0.717, 1.165) is 16.8 Å². The SMILES string of the molecule is Cc1ccccc1CNC(=O)c1ccnc(Nc2ccc(C(C)C)cc2)n1. The fraction of sp³-hybridized carbons (Fsp3) is 0.227. The van der Waals surface area contributed by atoms with E-state index in [1.165, 1.54) is 5.56 Å². The second-order valence-corrected chi connectivity index (χ2v) is 6.78. The molecule has 0 atom stereocenters. The molecule has 0 aliphatic carbocycles. The topological polar surface area (TPSA) is 66.9 Å². The Morgan fingerprint density at radius 1 is 1.04 bits per heavy atom. The highest BCUT2D eigenvalue weighted by Crippen LogP contribution is 2.19. The Balaban J connectivity index is 1.65. The van der Waals surface area contributed by atoms with E-state index in [1.807, 2.05) is 43.3 Å². The number of nitrogens with one attached hydrogen (secondary N) is 2. The first-order valence-corrected chi connectivity index (χ1v) is 9.05. The summed E-state index contributed by atoms with van der Waals surface area (Å²) >= 11 is 0. The fourth-order valence-electron chi connectivity index (χ4n) is 2.70. The van der Waals surface area contributed by atoms with Crippen LogP contribution in [-0.2, 0) is 6.54 Å². The van der Waals surface area contributed by atoms with E-state index >= 15 is 0 Å². The van der Waals surface area contributed by atoms with Crippen LogP contribution < -0.4 is 10.6 Å². The van der Waals surface area contributed by atoms with Crippen LogP contribution in [0.1, 0.15) is 46.9 Å². The van der Waals surface area contributed by atoms with Crippen molar-refractivity contribution in [2.45, 2.75) is 33.2 Å². The molecule has 1 aromatic heterocycles. The number of nitrogens with zero attached hydrogens (tertiary/aromatic N) is 2. The van der Waals surface area contributed by atoms with Crippen LogP contribution in [0.2, 0.25) is 0 Å². The van der Waals surface area contributed by atoms with Crippen molar-refractivity contribution < 1.29 is 4.79 Å². The zero-order chi connectivity index (χ0) is 19.2. The van der Waals surface area contributed by atoms with E-state index in [9.17, 15) is 4.79 Å². The van der Waals surface area contributed by atoms with E-state index in [-0.39, 0.29) is 5.91 Å². The minimum absolute atomic E-state index is 0.223. The molecule has 3 aromatic rings. The number of aromatic nitrogens is 2. The zero-order valence-corrected chi connectivity index (χ0v) is 15.9.